The summed E-state index contributed by atoms with van der Waals surface area (Å²) in [4.78, 5) is 15.5. The van der Waals surface area contributed by atoms with Crippen LogP contribution in [0.4, 0.5) is 0 Å². The number of ether oxygens (including phenoxy) is 1. The number of carbonyl (C=O) groups is 1. The summed E-state index contributed by atoms with van der Waals surface area (Å²) in [6.07, 6.45) is 1.40. The van der Waals surface area contributed by atoms with Gasteiger partial charge in [-0.15, -0.1) is 0 Å². The molecule has 0 spiro atoms. The highest BCUT2D eigenvalue weighted by Gasteiger charge is 2.14. The van der Waals surface area contributed by atoms with E-state index in [2.05, 4.69) is 16.8 Å². The Morgan fingerprint density at radius 3 is 2.50 bits per heavy atom. The van der Waals surface area contributed by atoms with Gasteiger partial charge in [0, 0.05) is 32.6 Å². The minimum absolute atomic E-state index is 0.0774. The van der Waals surface area contributed by atoms with Crippen LogP contribution >= 0.6 is 0 Å². The van der Waals surface area contributed by atoms with Crippen molar-refractivity contribution in [3.63, 3.8) is 0 Å². The van der Waals surface area contributed by atoms with E-state index in [1.54, 1.807) is 0 Å². The lowest BCUT2D eigenvalue weighted by Crippen LogP contribution is -2.45. The molecule has 82 valence electrons. The van der Waals surface area contributed by atoms with Crippen molar-refractivity contribution in [2.45, 2.75) is 19.8 Å². The van der Waals surface area contributed by atoms with E-state index in [9.17, 15) is 4.79 Å². The Balaban J connectivity index is 2.09. The number of carbonyl (C=O) groups excluding carboxylic acids is 1. The molecule has 1 heterocycles. The van der Waals surface area contributed by atoms with Crippen molar-refractivity contribution in [1.82, 2.24) is 9.80 Å². The van der Waals surface area contributed by atoms with Crippen molar-refractivity contribution < 1.29 is 9.53 Å². The molecule has 4 nitrogen and oxygen atoms in total. The Labute approximate surface area is 85.8 Å². The van der Waals surface area contributed by atoms with Crippen LogP contribution in [0.25, 0.3) is 0 Å². The fourth-order valence-electron chi connectivity index (χ4n) is 1.42. The van der Waals surface area contributed by atoms with Gasteiger partial charge in [0.05, 0.1) is 0 Å². The average Bonchev–Trinajstić information content (AvgIpc) is 2.17. The number of piperazine rings is 1. The van der Waals surface area contributed by atoms with Crippen LogP contribution in [0.15, 0.2) is 0 Å². The fourth-order valence-corrected chi connectivity index (χ4v) is 1.42. The first-order valence-electron chi connectivity index (χ1n) is 5.29. The van der Waals surface area contributed by atoms with Crippen LogP contribution in [0.1, 0.15) is 19.8 Å². The Hall–Kier alpha value is -0.610. The molecule has 14 heavy (non-hydrogen) atoms. The van der Waals surface area contributed by atoms with Crippen molar-refractivity contribution in [3.8, 4) is 0 Å². The van der Waals surface area contributed by atoms with E-state index in [1.807, 2.05) is 6.92 Å². The highest BCUT2D eigenvalue weighted by molar-refractivity contribution is 5.69. The molecule has 1 saturated heterocycles. The zero-order valence-corrected chi connectivity index (χ0v) is 9.16. The van der Waals surface area contributed by atoms with Gasteiger partial charge in [0.2, 0.25) is 0 Å². The summed E-state index contributed by atoms with van der Waals surface area (Å²) in [5.41, 5.74) is 0. The van der Waals surface area contributed by atoms with Crippen molar-refractivity contribution >= 4 is 5.97 Å². The van der Waals surface area contributed by atoms with E-state index in [0.29, 0.717) is 13.2 Å². The third-order valence-electron chi connectivity index (χ3n) is 2.46. The molecule has 0 aromatic heterocycles. The average molecular weight is 200 g/mol. The summed E-state index contributed by atoms with van der Waals surface area (Å²) in [6, 6.07) is 0. The van der Waals surface area contributed by atoms with E-state index in [1.165, 1.54) is 0 Å². The Morgan fingerprint density at radius 2 is 1.93 bits per heavy atom. The summed E-state index contributed by atoms with van der Waals surface area (Å²) >= 11 is 0. The molecule has 0 N–H and O–H groups in total. The molecule has 1 aliphatic rings. The number of rotatable bonds is 4. The lowest BCUT2D eigenvalue weighted by Gasteiger charge is -2.31. The summed E-state index contributed by atoms with van der Waals surface area (Å²) in [5, 5.41) is 0. The molecule has 1 aliphatic heterocycles. The number of hydrogen-bond acceptors (Lipinski definition) is 4. The van der Waals surface area contributed by atoms with Crippen LogP contribution in [0.5, 0.6) is 0 Å². The molecular formula is C10H20N2O2. The van der Waals surface area contributed by atoms with Crippen LogP contribution in [-0.2, 0) is 9.53 Å². The quantitative estimate of drug-likeness (QED) is 0.620. The summed E-state index contributed by atoms with van der Waals surface area (Å²) in [6.45, 7) is 6.56. The van der Waals surface area contributed by atoms with E-state index in [4.69, 9.17) is 4.74 Å². The second-order valence-corrected chi connectivity index (χ2v) is 3.82. The van der Waals surface area contributed by atoms with Crippen LogP contribution in [0.2, 0.25) is 0 Å². The third-order valence-corrected chi connectivity index (χ3v) is 2.46. The third kappa shape index (κ3) is 4.07. The highest BCUT2D eigenvalue weighted by atomic mass is 16.5. The van der Waals surface area contributed by atoms with Crippen molar-refractivity contribution in [1.29, 1.82) is 0 Å². The van der Waals surface area contributed by atoms with Crippen LogP contribution in [0.3, 0.4) is 0 Å². The second-order valence-electron chi connectivity index (χ2n) is 3.82. The topological polar surface area (TPSA) is 32.8 Å². The smallest absolute Gasteiger partial charge is 0.307 e. The zero-order valence-electron chi connectivity index (χ0n) is 9.16. The van der Waals surface area contributed by atoms with Crippen LogP contribution in [-0.4, -0.2) is 55.7 Å². The molecule has 0 saturated carbocycles. The predicted molar refractivity (Wildman–Crippen MR) is 54.9 cm³/mol. The van der Waals surface area contributed by atoms with Gasteiger partial charge in [-0.05, 0) is 13.5 Å². The maximum Gasteiger partial charge on any atom is 0.307 e. The number of esters is 1. The summed E-state index contributed by atoms with van der Waals surface area (Å²) < 4.78 is 5.13. The van der Waals surface area contributed by atoms with E-state index in [0.717, 1.165) is 32.6 Å². The molecule has 1 rings (SSSR count). The van der Waals surface area contributed by atoms with E-state index < -0.39 is 0 Å². The Bertz CT molecular complexity index is 177. The molecule has 0 aromatic carbocycles. The molecule has 0 atom stereocenters. The molecule has 4 heteroatoms. The Morgan fingerprint density at radius 1 is 1.29 bits per heavy atom. The van der Waals surface area contributed by atoms with E-state index in [-0.39, 0.29) is 5.97 Å². The molecule has 0 aliphatic carbocycles. The van der Waals surface area contributed by atoms with Gasteiger partial charge in [-0.1, -0.05) is 6.92 Å². The van der Waals surface area contributed by atoms with Gasteiger partial charge in [-0.3, -0.25) is 9.69 Å². The normalized spacial score (nSPS) is 19.6. The minimum Gasteiger partial charge on any atom is -0.449 e. The van der Waals surface area contributed by atoms with Gasteiger partial charge in [-0.2, -0.15) is 0 Å². The van der Waals surface area contributed by atoms with Gasteiger partial charge in [0.15, 0.2) is 0 Å². The molecule has 1 fully saturated rings. The van der Waals surface area contributed by atoms with Crippen molar-refractivity contribution in [2.24, 2.45) is 0 Å². The largest absolute Gasteiger partial charge is 0.449 e. The first-order chi connectivity index (χ1) is 6.72. The van der Waals surface area contributed by atoms with Crippen LogP contribution < -0.4 is 0 Å². The molecular weight excluding hydrogens is 180 g/mol. The van der Waals surface area contributed by atoms with Crippen LogP contribution in [0, 0.1) is 0 Å². The number of likely N-dealkylation sites (N-methyl/N-ethyl adjacent to an activating group) is 1. The fraction of sp³-hybridized carbons (Fsp3) is 0.900. The maximum absolute atomic E-state index is 11.1. The molecule has 0 radical (unpaired) electrons. The number of hydrogen-bond donors (Lipinski definition) is 0. The number of nitrogens with zero attached hydrogens (tertiary/aromatic N) is 2. The van der Waals surface area contributed by atoms with Gasteiger partial charge in [0.1, 0.15) is 6.73 Å². The molecule has 0 aromatic rings. The molecule has 0 amide bonds. The minimum atomic E-state index is -0.0774. The van der Waals surface area contributed by atoms with Gasteiger partial charge < -0.3 is 9.64 Å². The van der Waals surface area contributed by atoms with Gasteiger partial charge in [-0.25, -0.2) is 0 Å². The van der Waals surface area contributed by atoms with E-state index >= 15 is 0 Å². The van der Waals surface area contributed by atoms with Gasteiger partial charge in [0.25, 0.3) is 0 Å². The maximum atomic E-state index is 11.1. The van der Waals surface area contributed by atoms with Crippen molar-refractivity contribution in [2.75, 3.05) is 40.0 Å². The lowest BCUT2D eigenvalue weighted by molar-refractivity contribution is -0.149. The molecule has 0 bridgehead atoms. The molecule has 0 unspecified atom stereocenters. The summed E-state index contributed by atoms with van der Waals surface area (Å²) in [7, 11) is 2.11. The predicted octanol–water partition coefficient (Wildman–Crippen LogP) is 0.535. The van der Waals surface area contributed by atoms with Crippen molar-refractivity contribution in [3.05, 3.63) is 0 Å². The first-order valence-corrected chi connectivity index (χ1v) is 5.29. The zero-order chi connectivity index (χ0) is 10.4. The highest BCUT2D eigenvalue weighted by Crippen LogP contribution is 2.00. The SMILES string of the molecule is CCCC(=O)OCN1CCN(C)CC1. The van der Waals surface area contributed by atoms with Gasteiger partial charge >= 0.3 is 5.97 Å². The monoisotopic (exact) mass is 200 g/mol. The lowest BCUT2D eigenvalue weighted by atomic mass is 10.3. The standard InChI is InChI=1S/C10H20N2O2/c1-3-4-10(13)14-9-12-7-5-11(2)6-8-12/h3-9H2,1-2H3. The Kier molecular flexibility index (Phi) is 4.90. The second kappa shape index (κ2) is 5.98. The summed E-state index contributed by atoms with van der Waals surface area (Å²) in [5.74, 6) is -0.0774. The first kappa shape index (κ1) is 11.5.